The van der Waals surface area contributed by atoms with Gasteiger partial charge in [-0.15, -0.1) is 0 Å². The van der Waals surface area contributed by atoms with Crippen LogP contribution in [0.5, 0.6) is 0 Å². The Bertz CT molecular complexity index is 753. The van der Waals surface area contributed by atoms with Crippen LogP contribution >= 0.6 is 0 Å². The van der Waals surface area contributed by atoms with Crippen LogP contribution in [-0.2, 0) is 9.47 Å². The Morgan fingerprint density at radius 2 is 1.13 bits per heavy atom. The Hall–Kier alpha value is -2.95. The topological polar surface area (TPSA) is 69.7 Å². The van der Waals surface area contributed by atoms with Crippen molar-refractivity contribution in [3.63, 3.8) is 0 Å². The van der Waals surface area contributed by atoms with Crippen molar-refractivity contribution < 1.29 is 23.9 Å². The van der Waals surface area contributed by atoms with Crippen molar-refractivity contribution in [2.24, 2.45) is 0 Å². The SMILES string of the molecule is C.COC(=O)c1ccc2c(c1)-c1cc(C(=O)OC)ccc1C2=O. The number of benzene rings is 2. The number of ketones is 1. The summed E-state index contributed by atoms with van der Waals surface area (Å²) >= 11 is 0. The Balaban J connectivity index is 0.00000192. The second-order valence-electron chi connectivity index (χ2n) is 4.83. The normalized spacial score (nSPS) is 11.1. The molecule has 23 heavy (non-hydrogen) atoms. The van der Waals surface area contributed by atoms with E-state index in [0.29, 0.717) is 33.4 Å². The summed E-state index contributed by atoms with van der Waals surface area (Å²) in [5.41, 5.74) is 2.95. The number of carbonyl (C=O) groups excluding carboxylic acids is 3. The summed E-state index contributed by atoms with van der Waals surface area (Å²) in [4.78, 5) is 35.7. The maximum absolute atomic E-state index is 12.4. The van der Waals surface area contributed by atoms with Crippen molar-refractivity contribution in [1.29, 1.82) is 0 Å². The zero-order valence-electron chi connectivity index (χ0n) is 12.0. The number of fused-ring (bicyclic) bond motifs is 3. The predicted molar refractivity (Wildman–Crippen MR) is 84.7 cm³/mol. The fourth-order valence-corrected chi connectivity index (χ4v) is 2.56. The first-order valence-electron chi connectivity index (χ1n) is 6.56. The van der Waals surface area contributed by atoms with Gasteiger partial charge in [0.05, 0.1) is 25.3 Å². The number of methoxy groups -OCH3 is 2. The lowest BCUT2D eigenvalue weighted by atomic mass is 10.0. The third-order valence-corrected chi connectivity index (χ3v) is 3.66. The van der Waals surface area contributed by atoms with Gasteiger partial charge in [-0.3, -0.25) is 4.79 Å². The summed E-state index contributed by atoms with van der Waals surface area (Å²) in [7, 11) is 2.59. The molecule has 0 spiro atoms. The molecule has 2 aromatic rings. The number of rotatable bonds is 2. The molecule has 0 fully saturated rings. The van der Waals surface area contributed by atoms with Gasteiger partial charge in [-0.2, -0.15) is 0 Å². The zero-order valence-corrected chi connectivity index (χ0v) is 12.0. The quantitative estimate of drug-likeness (QED) is 0.680. The van der Waals surface area contributed by atoms with E-state index in [4.69, 9.17) is 9.47 Å². The van der Waals surface area contributed by atoms with E-state index < -0.39 is 11.9 Å². The van der Waals surface area contributed by atoms with E-state index in [-0.39, 0.29) is 13.2 Å². The van der Waals surface area contributed by atoms with Crippen LogP contribution in [0.15, 0.2) is 36.4 Å². The lowest BCUT2D eigenvalue weighted by Crippen LogP contribution is -2.02. The van der Waals surface area contributed by atoms with Crippen molar-refractivity contribution in [3.8, 4) is 11.1 Å². The number of carbonyl (C=O) groups is 3. The average Bonchev–Trinajstić information content (AvgIpc) is 2.85. The summed E-state index contributed by atoms with van der Waals surface area (Å²) in [6.07, 6.45) is 0. The van der Waals surface area contributed by atoms with Gasteiger partial charge in [0.25, 0.3) is 0 Å². The number of hydrogen-bond donors (Lipinski definition) is 0. The third-order valence-electron chi connectivity index (χ3n) is 3.66. The van der Waals surface area contributed by atoms with Crippen LogP contribution in [0.4, 0.5) is 0 Å². The molecule has 3 rings (SSSR count). The fraction of sp³-hybridized carbons (Fsp3) is 0.167. The molecule has 0 saturated heterocycles. The van der Waals surface area contributed by atoms with Crippen molar-refractivity contribution in [2.75, 3.05) is 14.2 Å². The Morgan fingerprint density at radius 1 is 0.739 bits per heavy atom. The lowest BCUT2D eigenvalue weighted by Gasteiger charge is -2.05. The molecule has 0 bridgehead atoms. The molecule has 2 aromatic carbocycles. The van der Waals surface area contributed by atoms with Crippen LogP contribution in [0.1, 0.15) is 44.1 Å². The molecule has 0 aromatic heterocycles. The molecular formula is C18H16O5. The van der Waals surface area contributed by atoms with Crippen molar-refractivity contribution in [3.05, 3.63) is 58.7 Å². The monoisotopic (exact) mass is 312 g/mol. The molecule has 0 unspecified atom stereocenters. The van der Waals surface area contributed by atoms with Gasteiger partial charge in [0.15, 0.2) is 5.78 Å². The predicted octanol–water partition coefficient (Wildman–Crippen LogP) is 3.11. The minimum atomic E-state index is -0.479. The van der Waals surface area contributed by atoms with Crippen molar-refractivity contribution in [2.45, 2.75) is 7.43 Å². The summed E-state index contributed by atoms with van der Waals surface area (Å²) in [6, 6.07) is 9.51. The molecule has 118 valence electrons. The van der Waals surface area contributed by atoms with E-state index >= 15 is 0 Å². The van der Waals surface area contributed by atoms with Gasteiger partial charge in [0.2, 0.25) is 0 Å². The van der Waals surface area contributed by atoms with Gasteiger partial charge >= 0.3 is 11.9 Å². The Morgan fingerprint density at radius 3 is 1.48 bits per heavy atom. The van der Waals surface area contributed by atoms with Crippen LogP contribution < -0.4 is 0 Å². The zero-order chi connectivity index (χ0) is 15.9. The molecular weight excluding hydrogens is 296 g/mol. The van der Waals surface area contributed by atoms with Gasteiger partial charge in [-0.1, -0.05) is 7.43 Å². The second kappa shape index (κ2) is 6.04. The van der Waals surface area contributed by atoms with E-state index in [1.807, 2.05) is 0 Å². The van der Waals surface area contributed by atoms with E-state index in [1.165, 1.54) is 14.2 Å². The molecule has 0 heterocycles. The Labute approximate surface area is 133 Å². The summed E-state index contributed by atoms with van der Waals surface area (Å²) in [5, 5.41) is 0. The number of ether oxygens (including phenoxy) is 2. The molecule has 0 saturated carbocycles. The second-order valence-corrected chi connectivity index (χ2v) is 4.83. The minimum absolute atomic E-state index is 0. The molecule has 0 atom stereocenters. The van der Waals surface area contributed by atoms with Crippen LogP contribution in [0, 0.1) is 0 Å². The van der Waals surface area contributed by atoms with Crippen LogP contribution in [0.3, 0.4) is 0 Å². The van der Waals surface area contributed by atoms with Gasteiger partial charge < -0.3 is 9.47 Å². The van der Waals surface area contributed by atoms with Gasteiger partial charge in [0, 0.05) is 11.1 Å². The van der Waals surface area contributed by atoms with Crippen molar-refractivity contribution >= 4 is 17.7 Å². The largest absolute Gasteiger partial charge is 0.465 e. The summed E-state index contributed by atoms with van der Waals surface area (Å²) < 4.78 is 9.38. The summed E-state index contributed by atoms with van der Waals surface area (Å²) in [6.45, 7) is 0. The first-order valence-corrected chi connectivity index (χ1v) is 6.56. The van der Waals surface area contributed by atoms with E-state index in [0.717, 1.165) is 0 Å². The minimum Gasteiger partial charge on any atom is -0.465 e. The molecule has 1 aliphatic carbocycles. The van der Waals surface area contributed by atoms with Gasteiger partial charge in [-0.25, -0.2) is 9.59 Å². The molecule has 0 aliphatic heterocycles. The molecule has 5 nitrogen and oxygen atoms in total. The van der Waals surface area contributed by atoms with E-state index in [9.17, 15) is 14.4 Å². The average molecular weight is 312 g/mol. The smallest absolute Gasteiger partial charge is 0.337 e. The van der Waals surface area contributed by atoms with Crippen LogP contribution in [0.2, 0.25) is 0 Å². The third kappa shape index (κ3) is 2.50. The van der Waals surface area contributed by atoms with Crippen LogP contribution in [-0.4, -0.2) is 31.9 Å². The van der Waals surface area contributed by atoms with E-state index in [2.05, 4.69) is 0 Å². The van der Waals surface area contributed by atoms with Gasteiger partial charge in [0.1, 0.15) is 0 Å². The first-order chi connectivity index (χ1) is 10.6. The maximum Gasteiger partial charge on any atom is 0.337 e. The molecule has 0 N–H and O–H groups in total. The fourth-order valence-electron chi connectivity index (χ4n) is 2.56. The maximum atomic E-state index is 12.4. The van der Waals surface area contributed by atoms with Gasteiger partial charge in [-0.05, 0) is 47.5 Å². The number of hydrogen-bond acceptors (Lipinski definition) is 5. The lowest BCUT2D eigenvalue weighted by molar-refractivity contribution is 0.0591. The molecule has 5 heteroatoms. The summed E-state index contributed by atoms with van der Waals surface area (Å²) in [5.74, 6) is -1.08. The molecule has 0 radical (unpaired) electrons. The Kier molecular flexibility index (Phi) is 4.31. The standard InChI is InChI=1S/C17H12O5.CH4/c1-21-16(19)9-3-5-11-13(7-9)14-8-10(17(20)22-2)4-6-12(14)15(11)18;/h3-8H,1-2H3;1H4. The number of esters is 2. The first kappa shape index (κ1) is 16.4. The highest BCUT2D eigenvalue weighted by molar-refractivity contribution is 6.22. The van der Waals surface area contributed by atoms with Crippen molar-refractivity contribution in [1.82, 2.24) is 0 Å². The highest BCUT2D eigenvalue weighted by Gasteiger charge is 2.28. The highest BCUT2D eigenvalue weighted by Crippen LogP contribution is 2.37. The molecule has 0 amide bonds. The van der Waals surface area contributed by atoms with Crippen LogP contribution in [0.25, 0.3) is 11.1 Å². The highest BCUT2D eigenvalue weighted by atomic mass is 16.5. The van der Waals surface area contributed by atoms with E-state index in [1.54, 1.807) is 36.4 Å². The molecule has 1 aliphatic rings.